The summed E-state index contributed by atoms with van der Waals surface area (Å²) in [6.07, 6.45) is -1.83. The van der Waals surface area contributed by atoms with Crippen molar-refractivity contribution in [2.45, 2.75) is 13.1 Å². The zero-order valence-corrected chi connectivity index (χ0v) is 7.74. The summed E-state index contributed by atoms with van der Waals surface area (Å²) in [6, 6.07) is 5.49. The molecule has 0 bridgehead atoms. The maximum absolute atomic E-state index is 13.3. The van der Waals surface area contributed by atoms with E-state index in [4.69, 9.17) is 5.11 Å². The number of aromatic hydroxyl groups is 1. The number of phenolic OH excluding ortho intramolecular Hbond substituents is 1. The summed E-state index contributed by atoms with van der Waals surface area (Å²) < 4.78 is 17.8. The van der Waals surface area contributed by atoms with E-state index in [1.165, 1.54) is 24.3 Å². The van der Waals surface area contributed by atoms with Gasteiger partial charge in [0, 0.05) is 5.56 Å². The molecule has 76 valence electrons. The number of ether oxygens (including phenoxy) is 1. The van der Waals surface area contributed by atoms with Gasteiger partial charge in [-0.25, -0.2) is 9.18 Å². The Bertz CT molecular complexity index is 325. The quantitative estimate of drug-likeness (QED) is 0.755. The second-order valence-electron chi connectivity index (χ2n) is 2.71. The van der Waals surface area contributed by atoms with E-state index in [0.717, 1.165) is 0 Å². The number of alkyl halides is 1. The van der Waals surface area contributed by atoms with Crippen molar-refractivity contribution in [3.8, 4) is 5.75 Å². The van der Waals surface area contributed by atoms with E-state index in [0.29, 0.717) is 0 Å². The Kier molecular flexibility index (Phi) is 3.45. The summed E-state index contributed by atoms with van der Waals surface area (Å²) in [5, 5.41) is 9.05. The molecule has 4 heteroatoms. The van der Waals surface area contributed by atoms with Gasteiger partial charge in [-0.2, -0.15) is 0 Å². The van der Waals surface area contributed by atoms with Gasteiger partial charge in [-0.05, 0) is 19.1 Å². The van der Waals surface area contributed by atoms with Crippen LogP contribution in [0.2, 0.25) is 0 Å². The molecule has 3 nitrogen and oxygen atoms in total. The SMILES string of the molecule is CCOC(=O)C(F)c1cccc(O)c1. The molecule has 1 rings (SSSR count). The lowest BCUT2D eigenvalue weighted by Crippen LogP contribution is -2.11. The van der Waals surface area contributed by atoms with Crippen LogP contribution in [0.25, 0.3) is 0 Å². The third-order valence-electron chi connectivity index (χ3n) is 1.66. The number of carbonyl (C=O) groups is 1. The molecule has 1 N–H and O–H groups in total. The minimum Gasteiger partial charge on any atom is -0.508 e. The second kappa shape index (κ2) is 4.60. The molecule has 1 atom stereocenters. The van der Waals surface area contributed by atoms with Crippen LogP contribution in [-0.2, 0) is 9.53 Å². The average molecular weight is 198 g/mol. The summed E-state index contributed by atoms with van der Waals surface area (Å²) in [5.41, 5.74) is 0.100. The Morgan fingerprint density at radius 2 is 2.36 bits per heavy atom. The van der Waals surface area contributed by atoms with Crippen molar-refractivity contribution in [3.63, 3.8) is 0 Å². The van der Waals surface area contributed by atoms with Crippen molar-refractivity contribution in [2.75, 3.05) is 6.61 Å². The number of hydrogen-bond acceptors (Lipinski definition) is 3. The fourth-order valence-electron chi connectivity index (χ4n) is 1.03. The molecule has 0 saturated carbocycles. The molecule has 0 heterocycles. The van der Waals surface area contributed by atoms with Gasteiger partial charge in [-0.15, -0.1) is 0 Å². The Hall–Kier alpha value is -1.58. The predicted octanol–water partition coefficient (Wildman–Crippen LogP) is 1.97. The molecule has 0 aliphatic rings. The lowest BCUT2D eigenvalue weighted by Gasteiger charge is -2.07. The van der Waals surface area contributed by atoms with Gasteiger partial charge in [-0.1, -0.05) is 12.1 Å². The number of halogens is 1. The Morgan fingerprint density at radius 1 is 1.64 bits per heavy atom. The summed E-state index contributed by atoms with van der Waals surface area (Å²) >= 11 is 0. The van der Waals surface area contributed by atoms with Crippen molar-refractivity contribution >= 4 is 5.97 Å². The van der Waals surface area contributed by atoms with Crippen LogP contribution in [-0.4, -0.2) is 17.7 Å². The number of carbonyl (C=O) groups excluding carboxylic acids is 1. The van der Waals surface area contributed by atoms with Gasteiger partial charge in [0.15, 0.2) is 0 Å². The highest BCUT2D eigenvalue weighted by Crippen LogP contribution is 2.22. The highest BCUT2D eigenvalue weighted by atomic mass is 19.1. The maximum Gasteiger partial charge on any atom is 0.345 e. The van der Waals surface area contributed by atoms with E-state index in [9.17, 15) is 9.18 Å². The molecule has 0 fully saturated rings. The van der Waals surface area contributed by atoms with Gasteiger partial charge in [0.1, 0.15) is 5.75 Å². The van der Waals surface area contributed by atoms with Crippen LogP contribution in [0.1, 0.15) is 18.7 Å². The summed E-state index contributed by atoms with van der Waals surface area (Å²) in [4.78, 5) is 11.0. The second-order valence-corrected chi connectivity index (χ2v) is 2.71. The van der Waals surface area contributed by atoms with Crippen LogP contribution < -0.4 is 0 Å². The Balaban J connectivity index is 2.78. The zero-order chi connectivity index (χ0) is 10.6. The van der Waals surface area contributed by atoms with Gasteiger partial charge in [0.2, 0.25) is 6.17 Å². The fraction of sp³-hybridized carbons (Fsp3) is 0.300. The average Bonchev–Trinajstić information content (AvgIpc) is 2.17. The lowest BCUT2D eigenvalue weighted by atomic mass is 10.1. The zero-order valence-electron chi connectivity index (χ0n) is 7.74. The van der Waals surface area contributed by atoms with Gasteiger partial charge in [0.05, 0.1) is 6.61 Å². The molecule has 0 spiro atoms. The third kappa shape index (κ3) is 2.45. The van der Waals surface area contributed by atoms with Gasteiger partial charge in [0.25, 0.3) is 0 Å². The van der Waals surface area contributed by atoms with Crippen LogP contribution in [0, 0.1) is 0 Å². The summed E-state index contributed by atoms with van der Waals surface area (Å²) in [7, 11) is 0. The minimum atomic E-state index is -1.83. The van der Waals surface area contributed by atoms with E-state index in [-0.39, 0.29) is 17.9 Å². The first-order chi connectivity index (χ1) is 6.65. The molecule has 14 heavy (non-hydrogen) atoms. The molecule has 0 aliphatic carbocycles. The highest BCUT2D eigenvalue weighted by Gasteiger charge is 2.20. The smallest absolute Gasteiger partial charge is 0.345 e. The van der Waals surface area contributed by atoms with E-state index in [2.05, 4.69) is 4.74 Å². The van der Waals surface area contributed by atoms with Crippen LogP contribution in [0.3, 0.4) is 0 Å². The Labute approximate surface area is 81.1 Å². The van der Waals surface area contributed by atoms with Crippen molar-refractivity contribution in [1.29, 1.82) is 0 Å². The van der Waals surface area contributed by atoms with Gasteiger partial charge in [-0.3, -0.25) is 0 Å². The van der Waals surface area contributed by atoms with E-state index < -0.39 is 12.1 Å². The fourth-order valence-corrected chi connectivity index (χ4v) is 1.03. The van der Waals surface area contributed by atoms with Gasteiger partial charge < -0.3 is 9.84 Å². The van der Waals surface area contributed by atoms with Crippen LogP contribution in [0.4, 0.5) is 4.39 Å². The largest absolute Gasteiger partial charge is 0.508 e. The minimum absolute atomic E-state index is 0.0746. The van der Waals surface area contributed by atoms with Crippen LogP contribution in [0.5, 0.6) is 5.75 Å². The van der Waals surface area contributed by atoms with Crippen molar-refractivity contribution in [3.05, 3.63) is 29.8 Å². The summed E-state index contributed by atoms with van der Waals surface area (Å²) in [5.74, 6) is -1.01. The molecule has 1 aromatic carbocycles. The Morgan fingerprint density at radius 3 is 2.93 bits per heavy atom. The van der Waals surface area contributed by atoms with Crippen molar-refractivity contribution in [2.24, 2.45) is 0 Å². The molecule has 0 aromatic heterocycles. The standard InChI is InChI=1S/C10H11FO3/c1-2-14-10(13)9(11)7-4-3-5-8(12)6-7/h3-6,9,12H,2H2,1H3. The number of hydrogen-bond donors (Lipinski definition) is 1. The predicted molar refractivity (Wildman–Crippen MR) is 48.6 cm³/mol. The molecule has 0 saturated heterocycles. The molecule has 0 aliphatic heterocycles. The van der Waals surface area contributed by atoms with Crippen LogP contribution >= 0.6 is 0 Å². The molecular formula is C10H11FO3. The molecule has 1 aromatic rings. The molecule has 1 unspecified atom stereocenters. The monoisotopic (exact) mass is 198 g/mol. The normalized spacial score (nSPS) is 12.1. The lowest BCUT2D eigenvalue weighted by molar-refractivity contribution is -0.149. The molecular weight excluding hydrogens is 187 g/mol. The van der Waals surface area contributed by atoms with Crippen LogP contribution in [0.15, 0.2) is 24.3 Å². The first kappa shape index (κ1) is 10.5. The first-order valence-electron chi connectivity index (χ1n) is 4.24. The van der Waals surface area contributed by atoms with Crippen molar-refractivity contribution in [1.82, 2.24) is 0 Å². The topological polar surface area (TPSA) is 46.5 Å². The molecule has 0 radical (unpaired) electrons. The summed E-state index contributed by atoms with van der Waals surface area (Å²) in [6.45, 7) is 1.74. The third-order valence-corrected chi connectivity index (χ3v) is 1.66. The van der Waals surface area contributed by atoms with Gasteiger partial charge >= 0.3 is 5.97 Å². The van der Waals surface area contributed by atoms with E-state index in [1.54, 1.807) is 6.92 Å². The highest BCUT2D eigenvalue weighted by molar-refractivity contribution is 5.76. The number of benzene rings is 1. The number of phenols is 1. The van der Waals surface area contributed by atoms with E-state index in [1.807, 2.05) is 0 Å². The first-order valence-corrected chi connectivity index (χ1v) is 4.24. The maximum atomic E-state index is 13.3. The van der Waals surface area contributed by atoms with E-state index >= 15 is 0 Å². The number of esters is 1. The van der Waals surface area contributed by atoms with Crippen molar-refractivity contribution < 1.29 is 19.0 Å². The molecule has 0 amide bonds. The number of rotatable bonds is 3.